The normalized spacial score (nSPS) is 20.7. The molecule has 0 aliphatic heterocycles. The Bertz CT molecular complexity index is 262. The lowest BCUT2D eigenvalue weighted by Crippen LogP contribution is -2.42. The van der Waals surface area contributed by atoms with Gasteiger partial charge >= 0.3 is 0 Å². The summed E-state index contributed by atoms with van der Waals surface area (Å²) >= 11 is 0. The minimum atomic E-state index is -0.108. The van der Waals surface area contributed by atoms with Gasteiger partial charge in [-0.2, -0.15) is 0 Å². The highest BCUT2D eigenvalue weighted by atomic mass is 16.1. The van der Waals surface area contributed by atoms with Crippen molar-refractivity contribution in [3.63, 3.8) is 0 Å². The predicted molar refractivity (Wildman–Crippen MR) is 69.8 cm³/mol. The second-order valence-corrected chi connectivity index (χ2v) is 6.70. The topological polar surface area (TPSA) is 41.1 Å². The number of hydrogen-bond acceptors (Lipinski definition) is 2. The van der Waals surface area contributed by atoms with E-state index in [2.05, 4.69) is 10.6 Å². The van der Waals surface area contributed by atoms with Gasteiger partial charge in [0, 0.05) is 24.5 Å². The fraction of sp³-hybridized carbons (Fsp3) is 0.929. The van der Waals surface area contributed by atoms with Gasteiger partial charge in [-0.25, -0.2) is 0 Å². The fourth-order valence-corrected chi connectivity index (χ4v) is 2.46. The third kappa shape index (κ3) is 4.66. The summed E-state index contributed by atoms with van der Waals surface area (Å²) in [5.41, 5.74) is -0.108. The molecule has 0 saturated heterocycles. The van der Waals surface area contributed by atoms with Gasteiger partial charge < -0.3 is 10.6 Å². The highest BCUT2D eigenvalue weighted by molar-refractivity contribution is 5.76. The predicted octanol–water partition coefficient (Wildman–Crippen LogP) is 2.07. The van der Waals surface area contributed by atoms with E-state index in [0.717, 1.165) is 18.4 Å². The number of hydrogen-bond donors (Lipinski definition) is 2. The Hall–Kier alpha value is -0.570. The first kappa shape index (κ1) is 12.9. The van der Waals surface area contributed by atoms with Crippen LogP contribution >= 0.6 is 0 Å². The molecule has 2 aliphatic carbocycles. The SMILES string of the molecule is CC(C)(C)NC(=O)CCNC(C1CC1)C1CC1. The van der Waals surface area contributed by atoms with Crippen LogP contribution in [-0.4, -0.2) is 24.0 Å². The van der Waals surface area contributed by atoms with Crippen LogP contribution in [0.15, 0.2) is 0 Å². The molecule has 0 atom stereocenters. The van der Waals surface area contributed by atoms with Crippen molar-refractivity contribution in [3.05, 3.63) is 0 Å². The molecule has 0 unspecified atom stereocenters. The molecule has 2 saturated carbocycles. The molecule has 0 radical (unpaired) electrons. The molecule has 1 amide bonds. The van der Waals surface area contributed by atoms with E-state index in [-0.39, 0.29) is 11.4 Å². The summed E-state index contributed by atoms with van der Waals surface area (Å²) < 4.78 is 0. The third-order valence-corrected chi connectivity index (χ3v) is 3.51. The number of amides is 1. The van der Waals surface area contributed by atoms with Crippen molar-refractivity contribution in [2.24, 2.45) is 11.8 Å². The summed E-state index contributed by atoms with van der Waals surface area (Å²) in [6.07, 6.45) is 6.17. The molecule has 0 aromatic heterocycles. The maximum Gasteiger partial charge on any atom is 0.221 e. The van der Waals surface area contributed by atoms with Crippen molar-refractivity contribution in [3.8, 4) is 0 Å². The lowest BCUT2D eigenvalue weighted by atomic mass is 10.1. The largest absolute Gasteiger partial charge is 0.351 e. The maximum absolute atomic E-state index is 11.7. The molecule has 98 valence electrons. The van der Waals surface area contributed by atoms with Gasteiger partial charge in [0.1, 0.15) is 0 Å². The van der Waals surface area contributed by atoms with Crippen molar-refractivity contribution >= 4 is 5.91 Å². The zero-order valence-corrected chi connectivity index (χ0v) is 11.4. The van der Waals surface area contributed by atoms with Gasteiger partial charge in [-0.1, -0.05) is 0 Å². The number of carbonyl (C=O) groups excluding carboxylic acids is 1. The molecular weight excluding hydrogens is 212 g/mol. The first-order valence-corrected chi connectivity index (χ1v) is 7.00. The van der Waals surface area contributed by atoms with Crippen LogP contribution in [0.2, 0.25) is 0 Å². The van der Waals surface area contributed by atoms with E-state index < -0.39 is 0 Å². The van der Waals surface area contributed by atoms with Crippen molar-refractivity contribution < 1.29 is 4.79 Å². The monoisotopic (exact) mass is 238 g/mol. The van der Waals surface area contributed by atoms with Crippen LogP contribution in [0.4, 0.5) is 0 Å². The maximum atomic E-state index is 11.7. The number of nitrogens with one attached hydrogen (secondary N) is 2. The smallest absolute Gasteiger partial charge is 0.221 e. The first-order chi connectivity index (χ1) is 7.96. The van der Waals surface area contributed by atoms with Crippen LogP contribution in [0, 0.1) is 11.8 Å². The minimum absolute atomic E-state index is 0.108. The third-order valence-electron chi connectivity index (χ3n) is 3.51. The Morgan fingerprint density at radius 3 is 2.12 bits per heavy atom. The average molecular weight is 238 g/mol. The highest BCUT2D eigenvalue weighted by Crippen LogP contribution is 2.44. The Balaban J connectivity index is 1.62. The van der Waals surface area contributed by atoms with E-state index in [4.69, 9.17) is 0 Å². The Labute approximate surface area is 105 Å². The summed E-state index contributed by atoms with van der Waals surface area (Å²) in [7, 11) is 0. The van der Waals surface area contributed by atoms with Gasteiger partial charge in [-0.15, -0.1) is 0 Å². The quantitative estimate of drug-likeness (QED) is 0.744. The second kappa shape index (κ2) is 4.97. The number of carbonyl (C=O) groups is 1. The van der Waals surface area contributed by atoms with Crippen LogP contribution in [-0.2, 0) is 4.79 Å². The van der Waals surface area contributed by atoms with Gasteiger partial charge in [0.25, 0.3) is 0 Å². The van der Waals surface area contributed by atoms with Gasteiger partial charge in [0.05, 0.1) is 0 Å². The van der Waals surface area contributed by atoms with E-state index >= 15 is 0 Å². The van der Waals surface area contributed by atoms with Crippen LogP contribution < -0.4 is 10.6 Å². The molecule has 2 aliphatic rings. The Morgan fingerprint density at radius 2 is 1.71 bits per heavy atom. The van der Waals surface area contributed by atoms with E-state index in [9.17, 15) is 4.79 Å². The molecule has 3 heteroatoms. The van der Waals surface area contributed by atoms with Crippen LogP contribution in [0.25, 0.3) is 0 Å². The van der Waals surface area contributed by atoms with Gasteiger partial charge in [0.15, 0.2) is 0 Å². The zero-order valence-electron chi connectivity index (χ0n) is 11.4. The minimum Gasteiger partial charge on any atom is -0.351 e. The molecule has 0 spiro atoms. The van der Waals surface area contributed by atoms with E-state index in [1.807, 2.05) is 20.8 Å². The fourth-order valence-electron chi connectivity index (χ4n) is 2.46. The molecule has 0 aromatic rings. The molecule has 2 N–H and O–H groups in total. The molecule has 17 heavy (non-hydrogen) atoms. The molecule has 0 heterocycles. The second-order valence-electron chi connectivity index (χ2n) is 6.70. The van der Waals surface area contributed by atoms with Crippen molar-refractivity contribution in [2.75, 3.05) is 6.54 Å². The molecule has 2 fully saturated rings. The van der Waals surface area contributed by atoms with Crippen molar-refractivity contribution in [2.45, 2.75) is 64.5 Å². The zero-order chi connectivity index (χ0) is 12.5. The van der Waals surface area contributed by atoms with E-state index in [1.54, 1.807) is 0 Å². The summed E-state index contributed by atoms with van der Waals surface area (Å²) in [4.78, 5) is 11.7. The molecule has 0 aromatic carbocycles. The van der Waals surface area contributed by atoms with E-state index in [0.29, 0.717) is 12.5 Å². The lowest BCUT2D eigenvalue weighted by molar-refractivity contribution is -0.122. The average Bonchev–Trinajstić information content (AvgIpc) is 3.01. The summed E-state index contributed by atoms with van der Waals surface area (Å²) in [6.45, 7) is 6.90. The van der Waals surface area contributed by atoms with Crippen LogP contribution in [0.1, 0.15) is 52.9 Å². The van der Waals surface area contributed by atoms with E-state index in [1.165, 1.54) is 25.7 Å². The van der Waals surface area contributed by atoms with Crippen molar-refractivity contribution in [1.29, 1.82) is 0 Å². The van der Waals surface area contributed by atoms with Crippen LogP contribution in [0.5, 0.6) is 0 Å². The standard InChI is InChI=1S/C14H26N2O/c1-14(2,3)16-12(17)8-9-15-13(10-4-5-10)11-6-7-11/h10-11,13,15H,4-9H2,1-3H3,(H,16,17). The molecular formula is C14H26N2O. The summed E-state index contributed by atoms with van der Waals surface area (Å²) in [5, 5.41) is 6.60. The van der Waals surface area contributed by atoms with Crippen LogP contribution in [0.3, 0.4) is 0 Å². The van der Waals surface area contributed by atoms with Gasteiger partial charge in [-0.3, -0.25) is 4.79 Å². The molecule has 2 rings (SSSR count). The highest BCUT2D eigenvalue weighted by Gasteiger charge is 2.40. The lowest BCUT2D eigenvalue weighted by Gasteiger charge is -2.21. The summed E-state index contributed by atoms with van der Waals surface area (Å²) in [6, 6.07) is 0.706. The summed E-state index contributed by atoms with van der Waals surface area (Å²) in [5.74, 6) is 1.98. The Kier molecular flexibility index (Phi) is 3.76. The van der Waals surface area contributed by atoms with Crippen molar-refractivity contribution in [1.82, 2.24) is 10.6 Å². The molecule has 3 nitrogen and oxygen atoms in total. The Morgan fingerprint density at radius 1 is 1.18 bits per heavy atom. The van der Waals surface area contributed by atoms with Gasteiger partial charge in [-0.05, 0) is 58.3 Å². The van der Waals surface area contributed by atoms with Gasteiger partial charge in [0.2, 0.25) is 5.91 Å². The molecule has 0 bridgehead atoms. The first-order valence-electron chi connectivity index (χ1n) is 7.00. The number of rotatable bonds is 6.